The molecular weight excluding hydrogens is 386 g/mol. The van der Waals surface area contributed by atoms with Crippen molar-refractivity contribution < 1.29 is 9.47 Å². The Hall–Kier alpha value is -2.08. The third-order valence-corrected chi connectivity index (χ3v) is 5.90. The number of nitrogens with zero attached hydrogens (tertiary/aromatic N) is 1. The highest BCUT2D eigenvalue weighted by Crippen LogP contribution is 2.28. The minimum atomic E-state index is 0.261. The largest absolute Gasteiger partial charge is 0.493 e. The van der Waals surface area contributed by atoms with E-state index >= 15 is 0 Å². The van der Waals surface area contributed by atoms with Crippen LogP contribution in [0.4, 0.5) is 0 Å². The van der Waals surface area contributed by atoms with Crippen molar-refractivity contribution in [2.45, 2.75) is 45.7 Å². The monoisotopic (exact) mass is 427 g/mol. The van der Waals surface area contributed by atoms with Gasteiger partial charge in [-0.3, -0.25) is 0 Å². The molecule has 0 aliphatic rings. The molecule has 0 aliphatic carbocycles. The van der Waals surface area contributed by atoms with E-state index in [0.29, 0.717) is 6.04 Å². The van der Waals surface area contributed by atoms with Gasteiger partial charge in [-0.05, 0) is 68.8 Å². The molecule has 172 valence electrons. The van der Waals surface area contributed by atoms with Crippen molar-refractivity contribution in [3.8, 4) is 11.5 Å². The van der Waals surface area contributed by atoms with Gasteiger partial charge in [-0.1, -0.05) is 57.2 Å². The van der Waals surface area contributed by atoms with Crippen LogP contribution in [-0.4, -0.2) is 57.9 Å². The van der Waals surface area contributed by atoms with Crippen LogP contribution in [0.2, 0.25) is 0 Å². The van der Waals surface area contributed by atoms with Gasteiger partial charge in [0.25, 0.3) is 0 Å². The topological polar surface area (TPSA) is 45.8 Å². The highest BCUT2D eigenvalue weighted by molar-refractivity contribution is 5.43. The van der Waals surface area contributed by atoms with Crippen LogP contribution in [0.3, 0.4) is 0 Å². The summed E-state index contributed by atoms with van der Waals surface area (Å²) in [5.74, 6) is 1.55. The quantitative estimate of drug-likeness (QED) is 0.444. The predicted octanol–water partition coefficient (Wildman–Crippen LogP) is 4.29. The summed E-state index contributed by atoms with van der Waals surface area (Å²) < 4.78 is 10.8. The number of ether oxygens (including phenoxy) is 2. The van der Waals surface area contributed by atoms with Crippen molar-refractivity contribution in [2.75, 3.05) is 46.9 Å². The number of methoxy groups -OCH3 is 2. The van der Waals surface area contributed by atoms with Gasteiger partial charge >= 0.3 is 0 Å². The van der Waals surface area contributed by atoms with Gasteiger partial charge in [0.05, 0.1) is 14.2 Å². The summed E-state index contributed by atoms with van der Waals surface area (Å²) in [4.78, 5) is 2.50. The molecule has 5 heteroatoms. The van der Waals surface area contributed by atoms with E-state index in [1.54, 1.807) is 14.2 Å². The third kappa shape index (κ3) is 7.84. The fourth-order valence-electron chi connectivity index (χ4n) is 4.07. The zero-order valence-corrected chi connectivity index (χ0v) is 20.0. The van der Waals surface area contributed by atoms with Crippen molar-refractivity contribution in [1.29, 1.82) is 0 Å². The number of hydrogen-bond donors (Lipinski definition) is 2. The summed E-state index contributed by atoms with van der Waals surface area (Å²) in [6.45, 7) is 11.8. The lowest BCUT2D eigenvalue weighted by Crippen LogP contribution is -2.44. The van der Waals surface area contributed by atoms with Crippen LogP contribution in [0.1, 0.15) is 44.4 Å². The van der Waals surface area contributed by atoms with Gasteiger partial charge in [0.1, 0.15) is 0 Å². The Morgan fingerprint density at radius 2 is 1.58 bits per heavy atom. The summed E-state index contributed by atoms with van der Waals surface area (Å²) in [6.07, 6.45) is 2.04. The Labute approximate surface area is 189 Å². The lowest BCUT2D eigenvalue weighted by molar-refractivity contribution is 0.262. The molecule has 2 unspecified atom stereocenters. The number of rotatable bonds is 15. The highest BCUT2D eigenvalue weighted by Gasteiger charge is 2.22. The molecule has 0 radical (unpaired) electrons. The van der Waals surface area contributed by atoms with Crippen molar-refractivity contribution in [3.63, 3.8) is 0 Å². The van der Waals surface area contributed by atoms with Crippen molar-refractivity contribution in [1.82, 2.24) is 15.5 Å². The molecule has 0 heterocycles. The van der Waals surface area contributed by atoms with Gasteiger partial charge in [0.2, 0.25) is 0 Å². The zero-order valence-electron chi connectivity index (χ0n) is 20.0. The van der Waals surface area contributed by atoms with Crippen LogP contribution in [-0.2, 0) is 6.42 Å². The Kier molecular flexibility index (Phi) is 11.4. The SMILES string of the molecule is CCNC(CCN(CC)CC)C(NCCc1ccc(OC)c(OC)c1)c1ccccc1. The fraction of sp³-hybridized carbons (Fsp3) is 0.538. The van der Waals surface area contributed by atoms with Crippen molar-refractivity contribution >= 4 is 0 Å². The van der Waals surface area contributed by atoms with Crippen LogP contribution < -0.4 is 20.1 Å². The summed E-state index contributed by atoms with van der Waals surface area (Å²) in [5.41, 5.74) is 2.57. The molecular formula is C26H41N3O2. The Balaban J connectivity index is 2.10. The standard InChI is InChI=1S/C26H41N3O2/c1-6-27-23(17-19-29(7-2)8-3)26(22-12-10-9-11-13-22)28-18-16-21-14-15-24(30-4)25(20-21)31-5/h9-15,20,23,26-28H,6-8,16-19H2,1-5H3. The molecule has 2 aromatic carbocycles. The van der Waals surface area contributed by atoms with E-state index in [0.717, 1.165) is 57.1 Å². The summed E-state index contributed by atoms with van der Waals surface area (Å²) in [6, 6.07) is 17.6. The second-order valence-corrected chi connectivity index (χ2v) is 7.76. The molecule has 2 atom stereocenters. The molecule has 2 aromatic rings. The number of likely N-dealkylation sites (N-methyl/N-ethyl adjacent to an activating group) is 1. The van der Waals surface area contributed by atoms with Crippen molar-refractivity contribution in [2.24, 2.45) is 0 Å². The molecule has 0 saturated carbocycles. The fourth-order valence-corrected chi connectivity index (χ4v) is 4.07. The highest BCUT2D eigenvalue weighted by atomic mass is 16.5. The van der Waals surface area contributed by atoms with Gasteiger partial charge in [0.15, 0.2) is 11.5 Å². The predicted molar refractivity (Wildman–Crippen MR) is 130 cm³/mol. The Morgan fingerprint density at radius 1 is 0.871 bits per heavy atom. The first-order chi connectivity index (χ1) is 15.2. The van der Waals surface area contributed by atoms with Gasteiger partial charge in [-0.25, -0.2) is 0 Å². The molecule has 2 rings (SSSR count). The molecule has 31 heavy (non-hydrogen) atoms. The first-order valence-corrected chi connectivity index (χ1v) is 11.6. The molecule has 0 aromatic heterocycles. The van der Waals surface area contributed by atoms with Gasteiger partial charge < -0.3 is 25.0 Å². The van der Waals surface area contributed by atoms with E-state index in [9.17, 15) is 0 Å². The molecule has 0 spiro atoms. The molecule has 5 nitrogen and oxygen atoms in total. The minimum Gasteiger partial charge on any atom is -0.493 e. The Bertz CT molecular complexity index is 735. The Morgan fingerprint density at radius 3 is 2.19 bits per heavy atom. The van der Waals surface area contributed by atoms with Crippen LogP contribution in [0.15, 0.2) is 48.5 Å². The van der Waals surface area contributed by atoms with E-state index in [-0.39, 0.29) is 6.04 Å². The van der Waals surface area contributed by atoms with Crippen LogP contribution >= 0.6 is 0 Å². The third-order valence-electron chi connectivity index (χ3n) is 5.90. The average Bonchev–Trinajstić information content (AvgIpc) is 2.82. The lowest BCUT2D eigenvalue weighted by atomic mass is 9.96. The number of hydrogen-bond acceptors (Lipinski definition) is 5. The maximum atomic E-state index is 5.46. The molecule has 0 bridgehead atoms. The van der Waals surface area contributed by atoms with Crippen molar-refractivity contribution in [3.05, 3.63) is 59.7 Å². The van der Waals surface area contributed by atoms with E-state index < -0.39 is 0 Å². The van der Waals surface area contributed by atoms with E-state index in [1.165, 1.54) is 11.1 Å². The van der Waals surface area contributed by atoms with Gasteiger partial charge in [-0.2, -0.15) is 0 Å². The van der Waals surface area contributed by atoms with Gasteiger partial charge in [0, 0.05) is 12.1 Å². The van der Waals surface area contributed by atoms with Crippen LogP contribution in [0.5, 0.6) is 11.5 Å². The van der Waals surface area contributed by atoms with E-state index in [1.807, 2.05) is 6.07 Å². The summed E-state index contributed by atoms with van der Waals surface area (Å²) in [5, 5.41) is 7.58. The average molecular weight is 428 g/mol. The zero-order chi connectivity index (χ0) is 22.5. The second-order valence-electron chi connectivity index (χ2n) is 7.76. The van der Waals surface area contributed by atoms with Crippen LogP contribution in [0, 0.1) is 0 Å². The first kappa shape index (κ1) is 25.2. The first-order valence-electron chi connectivity index (χ1n) is 11.6. The maximum Gasteiger partial charge on any atom is 0.160 e. The molecule has 0 amide bonds. The van der Waals surface area contributed by atoms with Crippen LogP contribution in [0.25, 0.3) is 0 Å². The second kappa shape index (κ2) is 14.1. The van der Waals surface area contributed by atoms with E-state index in [4.69, 9.17) is 9.47 Å². The molecule has 0 aliphatic heterocycles. The molecule has 0 saturated heterocycles. The molecule has 0 fully saturated rings. The minimum absolute atomic E-state index is 0.261. The number of benzene rings is 2. The normalized spacial score (nSPS) is 13.2. The molecule has 2 N–H and O–H groups in total. The van der Waals surface area contributed by atoms with E-state index in [2.05, 4.69) is 78.8 Å². The smallest absolute Gasteiger partial charge is 0.160 e. The van der Waals surface area contributed by atoms with Gasteiger partial charge in [-0.15, -0.1) is 0 Å². The lowest BCUT2D eigenvalue weighted by Gasteiger charge is -2.31. The maximum absolute atomic E-state index is 5.46. The number of nitrogens with one attached hydrogen (secondary N) is 2. The summed E-state index contributed by atoms with van der Waals surface area (Å²) >= 11 is 0. The summed E-state index contributed by atoms with van der Waals surface area (Å²) in [7, 11) is 3.35.